The Morgan fingerprint density at radius 3 is 2.48 bits per heavy atom. The zero-order valence-corrected chi connectivity index (χ0v) is 11.7. The van der Waals surface area contributed by atoms with Crippen molar-refractivity contribution in [2.75, 3.05) is 13.2 Å². The number of Topliss-reactive ketones (excluding diaryl/α,β-unsaturated/α-hetero) is 1. The van der Waals surface area contributed by atoms with Crippen LogP contribution in [-0.4, -0.2) is 35.9 Å². The van der Waals surface area contributed by atoms with E-state index in [1.165, 1.54) is 0 Å². The van der Waals surface area contributed by atoms with Crippen molar-refractivity contribution in [1.29, 1.82) is 0 Å². The molecular weight excluding hydrogens is 272 g/mol. The largest absolute Gasteiger partial charge is 0.481 e. The second kappa shape index (κ2) is 5.58. The van der Waals surface area contributed by atoms with Gasteiger partial charge in [0.1, 0.15) is 5.92 Å². The van der Waals surface area contributed by atoms with E-state index in [1.807, 2.05) is 0 Å². The summed E-state index contributed by atoms with van der Waals surface area (Å²) in [6, 6.07) is 8.60. The molecule has 0 aromatic heterocycles. The molecule has 0 radical (unpaired) electrons. The number of rotatable bonds is 4. The molecule has 2 aliphatic rings. The Morgan fingerprint density at radius 2 is 1.86 bits per heavy atom. The lowest BCUT2D eigenvalue weighted by Crippen LogP contribution is -2.33. The first-order valence-corrected chi connectivity index (χ1v) is 7.21. The van der Waals surface area contributed by atoms with Crippen molar-refractivity contribution in [3.8, 4) is 0 Å². The molecule has 1 saturated heterocycles. The van der Waals surface area contributed by atoms with E-state index in [0.29, 0.717) is 38.0 Å². The molecule has 1 heterocycles. The zero-order chi connectivity index (χ0) is 14.9. The minimum absolute atomic E-state index is 0.242. The Bertz CT molecular complexity index is 533. The van der Waals surface area contributed by atoms with E-state index in [1.54, 1.807) is 30.3 Å². The number of carbonyl (C=O) groups is 2. The summed E-state index contributed by atoms with van der Waals surface area (Å²) in [5.74, 6) is -3.32. The molecule has 3 rings (SSSR count). The molecule has 5 nitrogen and oxygen atoms in total. The van der Waals surface area contributed by atoms with E-state index >= 15 is 0 Å². The fourth-order valence-electron chi connectivity index (χ4n) is 3.36. The van der Waals surface area contributed by atoms with Crippen molar-refractivity contribution in [2.24, 2.45) is 11.8 Å². The van der Waals surface area contributed by atoms with Crippen LogP contribution in [0.5, 0.6) is 0 Å². The summed E-state index contributed by atoms with van der Waals surface area (Å²) < 4.78 is 11.2. The molecule has 1 saturated carbocycles. The summed E-state index contributed by atoms with van der Waals surface area (Å²) in [5, 5.41) is 9.49. The van der Waals surface area contributed by atoms with Gasteiger partial charge in [-0.1, -0.05) is 30.3 Å². The SMILES string of the molecule is O=C(O)C(C(=O)c1ccccc1)C1CCC2(C1)OCCO2. The minimum atomic E-state index is -1.07. The fraction of sp³-hybridized carbons (Fsp3) is 0.500. The van der Waals surface area contributed by atoms with Crippen molar-refractivity contribution in [2.45, 2.75) is 25.0 Å². The van der Waals surface area contributed by atoms with Crippen LogP contribution >= 0.6 is 0 Å². The number of hydrogen-bond donors (Lipinski definition) is 1. The maximum atomic E-state index is 12.5. The number of carbonyl (C=O) groups excluding carboxylic acids is 1. The summed E-state index contributed by atoms with van der Waals surface area (Å²) in [7, 11) is 0. The van der Waals surface area contributed by atoms with Gasteiger partial charge in [-0.3, -0.25) is 9.59 Å². The second-order valence-electron chi connectivity index (χ2n) is 5.66. The van der Waals surface area contributed by atoms with Crippen LogP contribution in [0.3, 0.4) is 0 Å². The molecule has 1 aliphatic carbocycles. The maximum Gasteiger partial charge on any atom is 0.314 e. The molecule has 2 unspecified atom stereocenters. The molecule has 1 N–H and O–H groups in total. The Kier molecular flexibility index (Phi) is 3.78. The standard InChI is InChI=1S/C16H18O5/c17-14(11-4-2-1-3-5-11)13(15(18)19)12-6-7-16(10-12)20-8-9-21-16/h1-5,12-13H,6-10H2,(H,18,19). The van der Waals surface area contributed by atoms with Crippen LogP contribution in [0.25, 0.3) is 0 Å². The molecule has 0 amide bonds. The van der Waals surface area contributed by atoms with Crippen molar-refractivity contribution < 1.29 is 24.2 Å². The highest BCUT2D eigenvalue weighted by Gasteiger charge is 2.49. The van der Waals surface area contributed by atoms with Gasteiger partial charge in [0.2, 0.25) is 0 Å². The number of ether oxygens (including phenoxy) is 2. The Labute approximate surface area is 122 Å². The third-order valence-corrected chi connectivity index (χ3v) is 4.36. The van der Waals surface area contributed by atoms with Crippen molar-refractivity contribution in [3.63, 3.8) is 0 Å². The van der Waals surface area contributed by atoms with Crippen LogP contribution in [0.2, 0.25) is 0 Å². The number of benzene rings is 1. The van der Waals surface area contributed by atoms with Gasteiger partial charge in [0.25, 0.3) is 0 Å². The normalized spacial score (nSPS) is 25.0. The van der Waals surface area contributed by atoms with E-state index < -0.39 is 17.7 Å². The molecule has 112 valence electrons. The van der Waals surface area contributed by atoms with Gasteiger partial charge >= 0.3 is 5.97 Å². The van der Waals surface area contributed by atoms with Gasteiger partial charge in [0.15, 0.2) is 11.6 Å². The maximum absolute atomic E-state index is 12.5. The van der Waals surface area contributed by atoms with Crippen molar-refractivity contribution >= 4 is 11.8 Å². The van der Waals surface area contributed by atoms with Crippen molar-refractivity contribution in [3.05, 3.63) is 35.9 Å². The van der Waals surface area contributed by atoms with Crippen LogP contribution in [-0.2, 0) is 14.3 Å². The van der Waals surface area contributed by atoms with Crippen LogP contribution in [0.1, 0.15) is 29.6 Å². The smallest absolute Gasteiger partial charge is 0.314 e. The molecule has 5 heteroatoms. The Morgan fingerprint density at radius 1 is 1.19 bits per heavy atom. The highest BCUT2D eigenvalue weighted by Crippen LogP contribution is 2.44. The lowest BCUT2D eigenvalue weighted by Gasteiger charge is -2.23. The predicted octanol–water partition coefficient (Wildman–Crippen LogP) is 2.11. The Balaban J connectivity index is 1.80. The third kappa shape index (κ3) is 2.71. The number of ketones is 1. The van der Waals surface area contributed by atoms with Crippen LogP contribution in [0, 0.1) is 11.8 Å². The summed E-state index contributed by atoms with van der Waals surface area (Å²) in [6.45, 7) is 1.08. The highest BCUT2D eigenvalue weighted by molar-refractivity contribution is 6.08. The molecular formula is C16H18O5. The molecule has 21 heavy (non-hydrogen) atoms. The van der Waals surface area contributed by atoms with Gasteiger partial charge in [-0.2, -0.15) is 0 Å². The molecule has 1 aliphatic heterocycles. The average molecular weight is 290 g/mol. The lowest BCUT2D eigenvalue weighted by atomic mass is 9.84. The van der Waals surface area contributed by atoms with E-state index in [4.69, 9.17) is 9.47 Å². The molecule has 0 bridgehead atoms. The zero-order valence-electron chi connectivity index (χ0n) is 11.7. The quantitative estimate of drug-likeness (QED) is 0.679. The van der Waals surface area contributed by atoms with Gasteiger partial charge in [-0.05, 0) is 12.3 Å². The third-order valence-electron chi connectivity index (χ3n) is 4.36. The monoisotopic (exact) mass is 290 g/mol. The minimum Gasteiger partial charge on any atom is -0.481 e. The van der Waals surface area contributed by atoms with E-state index in [2.05, 4.69) is 0 Å². The van der Waals surface area contributed by atoms with E-state index in [0.717, 1.165) is 0 Å². The molecule has 2 atom stereocenters. The summed E-state index contributed by atoms with van der Waals surface area (Å²) >= 11 is 0. The van der Waals surface area contributed by atoms with Gasteiger partial charge in [0, 0.05) is 18.4 Å². The summed E-state index contributed by atoms with van der Waals surface area (Å²) in [6.07, 6.45) is 1.77. The molecule has 1 aromatic carbocycles. The second-order valence-corrected chi connectivity index (χ2v) is 5.66. The van der Waals surface area contributed by atoms with Gasteiger partial charge < -0.3 is 14.6 Å². The molecule has 1 aromatic rings. The van der Waals surface area contributed by atoms with Crippen LogP contribution in [0.15, 0.2) is 30.3 Å². The Hall–Kier alpha value is -1.72. The molecule has 1 spiro atoms. The van der Waals surface area contributed by atoms with E-state index in [-0.39, 0.29) is 11.7 Å². The van der Waals surface area contributed by atoms with E-state index in [9.17, 15) is 14.7 Å². The topological polar surface area (TPSA) is 72.8 Å². The molecule has 2 fully saturated rings. The number of aliphatic carboxylic acids is 1. The first-order valence-electron chi connectivity index (χ1n) is 7.21. The average Bonchev–Trinajstić information content (AvgIpc) is 3.10. The van der Waals surface area contributed by atoms with Crippen molar-refractivity contribution in [1.82, 2.24) is 0 Å². The summed E-state index contributed by atoms with van der Waals surface area (Å²) in [4.78, 5) is 24.1. The van der Waals surface area contributed by atoms with Crippen LogP contribution < -0.4 is 0 Å². The van der Waals surface area contributed by atoms with Gasteiger partial charge in [0.05, 0.1) is 13.2 Å². The number of hydrogen-bond acceptors (Lipinski definition) is 4. The predicted molar refractivity (Wildman–Crippen MR) is 73.9 cm³/mol. The first-order chi connectivity index (χ1) is 10.1. The highest BCUT2D eigenvalue weighted by atomic mass is 16.7. The van der Waals surface area contributed by atoms with Gasteiger partial charge in [-0.15, -0.1) is 0 Å². The number of carboxylic acids is 1. The number of carboxylic acid groups (broad SMARTS) is 1. The van der Waals surface area contributed by atoms with Gasteiger partial charge in [-0.25, -0.2) is 0 Å². The fourth-order valence-corrected chi connectivity index (χ4v) is 3.36. The first kappa shape index (κ1) is 14.2. The van der Waals surface area contributed by atoms with Crippen LogP contribution in [0.4, 0.5) is 0 Å². The lowest BCUT2D eigenvalue weighted by molar-refractivity contribution is -0.155. The summed E-state index contributed by atoms with van der Waals surface area (Å²) in [5.41, 5.74) is 0.444.